The minimum Gasteiger partial charge on any atom is -0.258 e. The molecule has 11 rings (SSSR count). The van der Waals surface area contributed by atoms with Gasteiger partial charge in [0.05, 0.1) is 5.41 Å². The van der Waals surface area contributed by atoms with Gasteiger partial charge in [-0.15, -0.1) is 0 Å². The molecule has 58 heavy (non-hydrogen) atoms. The molecule has 9 aromatic rings. The van der Waals surface area contributed by atoms with Gasteiger partial charge in [0.25, 0.3) is 0 Å². The first-order valence-electron chi connectivity index (χ1n) is 19.9. The molecule has 0 saturated heterocycles. The van der Waals surface area contributed by atoms with Gasteiger partial charge in [-0.2, -0.15) is 0 Å². The van der Waals surface area contributed by atoms with Crippen LogP contribution in [0.1, 0.15) is 39.5 Å². The second-order valence-electron chi connectivity index (χ2n) is 15.5. The van der Waals surface area contributed by atoms with Crippen LogP contribution >= 0.6 is 0 Å². The summed E-state index contributed by atoms with van der Waals surface area (Å²) in [6.07, 6.45) is 0. The number of aryl methyl sites for hydroxylation is 3. The number of fused-ring (bicyclic) bond motifs is 10. The number of benzene rings is 7. The van der Waals surface area contributed by atoms with Crippen LogP contribution in [0.15, 0.2) is 176 Å². The van der Waals surface area contributed by atoms with E-state index < -0.39 is 5.41 Å². The Hall–Kier alpha value is -7.30. The molecule has 1 atom stereocenters. The van der Waals surface area contributed by atoms with Crippen LogP contribution in [-0.2, 0) is 5.41 Å². The second kappa shape index (κ2) is 13.1. The molecule has 274 valence electrons. The van der Waals surface area contributed by atoms with Crippen molar-refractivity contribution in [1.82, 2.24) is 19.9 Å². The van der Waals surface area contributed by atoms with Crippen molar-refractivity contribution in [3.05, 3.63) is 215 Å². The Morgan fingerprint density at radius 3 is 1.57 bits per heavy atom. The van der Waals surface area contributed by atoms with Crippen LogP contribution in [0.4, 0.5) is 0 Å². The third-order valence-corrected chi connectivity index (χ3v) is 12.1. The summed E-state index contributed by atoms with van der Waals surface area (Å²) >= 11 is 0. The summed E-state index contributed by atoms with van der Waals surface area (Å²) in [7, 11) is 0. The Kier molecular flexibility index (Phi) is 7.70. The fraction of sp³-hybridized carbons (Fsp3) is 0.0741. The third kappa shape index (κ3) is 5.22. The fourth-order valence-electron chi connectivity index (χ4n) is 9.50. The van der Waals surface area contributed by atoms with Gasteiger partial charge >= 0.3 is 0 Å². The lowest BCUT2D eigenvalue weighted by atomic mass is 9.70. The Labute approximate surface area is 338 Å². The summed E-state index contributed by atoms with van der Waals surface area (Å²) in [5.74, 6) is 2.06. The number of nitrogens with zero attached hydrogens (tertiary/aromatic N) is 4. The van der Waals surface area contributed by atoms with Crippen molar-refractivity contribution in [2.75, 3.05) is 0 Å². The molecule has 0 fully saturated rings. The molecule has 0 aliphatic heterocycles. The molecule has 1 unspecified atom stereocenters. The predicted molar refractivity (Wildman–Crippen MR) is 235 cm³/mol. The number of aromatic nitrogens is 4. The molecule has 0 bridgehead atoms. The molecule has 2 heterocycles. The largest absolute Gasteiger partial charge is 0.258 e. The average molecular weight is 743 g/mol. The highest BCUT2D eigenvalue weighted by Crippen LogP contribution is 2.63. The van der Waals surface area contributed by atoms with Gasteiger partial charge in [0.1, 0.15) is 5.82 Å². The van der Waals surface area contributed by atoms with E-state index in [1.54, 1.807) is 0 Å². The van der Waals surface area contributed by atoms with E-state index in [0.717, 1.165) is 22.5 Å². The van der Waals surface area contributed by atoms with Crippen molar-refractivity contribution in [3.63, 3.8) is 0 Å². The molecule has 0 radical (unpaired) electrons. The Morgan fingerprint density at radius 1 is 0.310 bits per heavy atom. The first-order chi connectivity index (χ1) is 28.5. The summed E-state index contributed by atoms with van der Waals surface area (Å²) in [4.78, 5) is 19.3. The van der Waals surface area contributed by atoms with Gasteiger partial charge in [-0.25, -0.2) is 15.0 Å². The molecule has 4 heteroatoms. The van der Waals surface area contributed by atoms with Crippen LogP contribution in [0.2, 0.25) is 0 Å². The van der Waals surface area contributed by atoms with Crippen LogP contribution in [0.3, 0.4) is 0 Å². The third-order valence-electron chi connectivity index (χ3n) is 12.1. The zero-order valence-electron chi connectivity index (χ0n) is 32.5. The van der Waals surface area contributed by atoms with Gasteiger partial charge in [-0.3, -0.25) is 4.98 Å². The molecular formula is C54H38N4. The van der Waals surface area contributed by atoms with Gasteiger partial charge in [0.15, 0.2) is 11.6 Å². The van der Waals surface area contributed by atoms with E-state index in [2.05, 4.69) is 153 Å². The number of pyridine rings is 1. The fourth-order valence-corrected chi connectivity index (χ4v) is 9.50. The lowest BCUT2D eigenvalue weighted by molar-refractivity contribution is 0.794. The van der Waals surface area contributed by atoms with E-state index in [4.69, 9.17) is 19.9 Å². The van der Waals surface area contributed by atoms with Crippen LogP contribution < -0.4 is 0 Å². The van der Waals surface area contributed by atoms with Gasteiger partial charge in [-0.1, -0.05) is 152 Å². The van der Waals surface area contributed by atoms with Crippen molar-refractivity contribution in [2.45, 2.75) is 26.2 Å². The SMILES string of the molecule is Cc1ccc(-c2cccc(-c3ccc(-c4ccc5c(c4)-c4ccccc4C54c5ccccc5-c5ccc(-c6nc(C)nc(-c7ccccc7)n6)cc54)cc3)c2)c(C)n1. The number of hydrogen-bond donors (Lipinski definition) is 0. The standard InChI is InChI=1S/C54H38N4/c1-33-20-27-43(34(2)55-33)41-15-11-14-39(30-41)36-21-23-37(24-22-36)40-26-29-50-47(31-40)45-17-8-10-19-49(45)54(50)48-18-9-7-16-44(48)46-28-25-42(32-51(46)54)53-57-35(3)56-52(58-53)38-12-5-4-6-13-38/h4-32H,1-3H3. The summed E-state index contributed by atoms with van der Waals surface area (Å²) in [6.45, 7) is 6.07. The maximum Gasteiger partial charge on any atom is 0.163 e. The maximum absolute atomic E-state index is 5.02. The summed E-state index contributed by atoms with van der Waals surface area (Å²) in [5.41, 5.74) is 20.9. The van der Waals surface area contributed by atoms with Crippen LogP contribution in [-0.4, -0.2) is 19.9 Å². The molecule has 0 amide bonds. The van der Waals surface area contributed by atoms with Crippen molar-refractivity contribution in [2.24, 2.45) is 0 Å². The van der Waals surface area contributed by atoms with Crippen molar-refractivity contribution < 1.29 is 0 Å². The van der Waals surface area contributed by atoms with Crippen LogP contribution in [0, 0.1) is 20.8 Å². The van der Waals surface area contributed by atoms with Gasteiger partial charge in [0.2, 0.25) is 0 Å². The summed E-state index contributed by atoms with van der Waals surface area (Å²) in [5, 5.41) is 0. The Balaban J connectivity index is 1.02. The molecule has 1 spiro atoms. The maximum atomic E-state index is 5.02. The van der Waals surface area contributed by atoms with Crippen molar-refractivity contribution in [3.8, 4) is 78.4 Å². The molecule has 2 aliphatic carbocycles. The first kappa shape index (κ1) is 34.0. The molecule has 2 aromatic heterocycles. The van der Waals surface area contributed by atoms with Crippen molar-refractivity contribution >= 4 is 0 Å². The monoisotopic (exact) mass is 742 g/mol. The van der Waals surface area contributed by atoms with Gasteiger partial charge in [-0.05, 0) is 117 Å². The second-order valence-corrected chi connectivity index (χ2v) is 15.5. The normalized spacial score (nSPS) is 14.5. The van der Waals surface area contributed by atoms with E-state index >= 15 is 0 Å². The molecule has 4 nitrogen and oxygen atoms in total. The highest BCUT2D eigenvalue weighted by Gasteiger charge is 2.51. The topological polar surface area (TPSA) is 51.6 Å². The van der Waals surface area contributed by atoms with Crippen LogP contribution in [0.25, 0.3) is 78.4 Å². The minimum absolute atomic E-state index is 0.489. The quantitative estimate of drug-likeness (QED) is 0.176. The highest BCUT2D eigenvalue weighted by molar-refractivity contribution is 5.97. The minimum atomic E-state index is -0.489. The first-order valence-corrected chi connectivity index (χ1v) is 19.9. The Morgan fingerprint density at radius 2 is 0.845 bits per heavy atom. The lowest BCUT2D eigenvalue weighted by Crippen LogP contribution is -2.25. The van der Waals surface area contributed by atoms with Crippen molar-refractivity contribution in [1.29, 1.82) is 0 Å². The summed E-state index contributed by atoms with van der Waals surface area (Å²) in [6, 6.07) is 63.9. The van der Waals surface area contributed by atoms with Gasteiger partial charge < -0.3 is 0 Å². The highest BCUT2D eigenvalue weighted by atomic mass is 15.0. The number of hydrogen-bond acceptors (Lipinski definition) is 4. The van der Waals surface area contributed by atoms with E-state index in [0.29, 0.717) is 17.5 Å². The van der Waals surface area contributed by atoms with E-state index in [1.165, 1.54) is 77.9 Å². The van der Waals surface area contributed by atoms with E-state index in [-0.39, 0.29) is 0 Å². The lowest BCUT2D eigenvalue weighted by Gasteiger charge is -2.30. The molecule has 7 aromatic carbocycles. The molecule has 0 N–H and O–H groups in total. The Bertz CT molecular complexity index is 3090. The smallest absolute Gasteiger partial charge is 0.163 e. The number of rotatable bonds is 5. The zero-order valence-corrected chi connectivity index (χ0v) is 32.5. The van der Waals surface area contributed by atoms with Gasteiger partial charge in [0, 0.05) is 28.1 Å². The molecule has 2 aliphatic rings. The van der Waals surface area contributed by atoms with E-state index in [9.17, 15) is 0 Å². The predicted octanol–water partition coefficient (Wildman–Crippen LogP) is 12.9. The van der Waals surface area contributed by atoms with Crippen LogP contribution in [0.5, 0.6) is 0 Å². The molecule has 0 saturated carbocycles. The summed E-state index contributed by atoms with van der Waals surface area (Å²) < 4.78 is 0. The average Bonchev–Trinajstić information content (AvgIpc) is 3.73. The molecular weight excluding hydrogens is 705 g/mol. The van der Waals surface area contributed by atoms with E-state index in [1.807, 2.05) is 44.2 Å². The zero-order chi connectivity index (χ0) is 39.0.